The number of benzene rings is 2. The highest BCUT2D eigenvalue weighted by atomic mass is 16.5. The Morgan fingerprint density at radius 2 is 1.87 bits per heavy atom. The molecular weight excluding hydrogens is 400 g/mol. The molecule has 2 aromatic carbocycles. The number of amides is 1. The second-order valence-electron chi connectivity index (χ2n) is 7.22. The quantitative estimate of drug-likeness (QED) is 0.167. The highest BCUT2D eigenvalue weighted by Crippen LogP contribution is 2.26. The van der Waals surface area contributed by atoms with Gasteiger partial charge in [0.1, 0.15) is 11.3 Å². The van der Waals surface area contributed by atoms with Gasteiger partial charge in [-0.2, -0.15) is 0 Å². The molecule has 3 aromatic rings. The molecule has 1 N–H and O–H groups in total. The van der Waals surface area contributed by atoms with Crippen LogP contribution >= 0.6 is 0 Å². The number of nitrogens with zero attached hydrogens (tertiary/aromatic N) is 1. The lowest BCUT2D eigenvalue weighted by molar-refractivity contribution is -0.131. The highest BCUT2D eigenvalue weighted by Gasteiger charge is 2.10. The van der Waals surface area contributed by atoms with Crippen molar-refractivity contribution >= 4 is 34.1 Å². The molecule has 1 aliphatic heterocycles. The Bertz CT molecular complexity index is 1120. The lowest BCUT2D eigenvalue weighted by Crippen LogP contribution is -2.40. The van der Waals surface area contributed by atoms with Crippen LogP contribution in [0.3, 0.4) is 0 Å². The van der Waals surface area contributed by atoms with Gasteiger partial charge >= 0.3 is 11.6 Å². The maximum absolute atomic E-state index is 12.0. The minimum absolute atomic E-state index is 0.361. The first-order chi connectivity index (χ1) is 15.0. The number of nitrogens with one attached hydrogen (secondary N) is 1. The predicted octanol–water partition coefficient (Wildman–Crippen LogP) is 2.24. The number of hydrogen-bond acceptors (Lipinski definition) is 7. The lowest BCUT2D eigenvalue weighted by Gasteiger charge is -2.26. The molecule has 0 spiro atoms. The fourth-order valence-electron chi connectivity index (χ4n) is 3.36. The maximum Gasteiger partial charge on any atom is 0.344 e. The Kier molecular flexibility index (Phi) is 7.75. The van der Waals surface area contributed by atoms with Crippen molar-refractivity contribution in [3.8, 4) is 5.75 Å². The molecule has 1 aliphatic rings. The van der Waals surface area contributed by atoms with Crippen molar-refractivity contribution in [1.82, 2.24) is 10.2 Å². The van der Waals surface area contributed by atoms with Crippen LogP contribution in [0.15, 0.2) is 45.6 Å². The van der Waals surface area contributed by atoms with E-state index in [4.69, 9.17) is 13.9 Å². The number of morpholine rings is 1. The molecule has 0 unspecified atom stereocenters. The zero-order chi connectivity index (χ0) is 22.2. The van der Waals surface area contributed by atoms with E-state index in [1.807, 2.05) is 19.1 Å². The molecule has 0 saturated carbocycles. The number of carbonyl (C=O) groups excluding carboxylic acids is 2. The number of esters is 1. The van der Waals surface area contributed by atoms with E-state index in [-0.39, 0.29) is 0 Å². The smallest absolute Gasteiger partial charge is 0.344 e. The zero-order valence-corrected chi connectivity index (χ0v) is 17.7. The third kappa shape index (κ3) is 6.13. The third-order valence-electron chi connectivity index (χ3n) is 4.86. The summed E-state index contributed by atoms with van der Waals surface area (Å²) in [5, 5.41) is 4.83. The first-order valence-corrected chi connectivity index (χ1v) is 10.1. The van der Waals surface area contributed by atoms with E-state index in [1.165, 1.54) is 6.92 Å². The summed E-state index contributed by atoms with van der Waals surface area (Å²) in [6.07, 6.45) is 0.737. The number of hydrogen-bond donors (Lipinski definition) is 1. The van der Waals surface area contributed by atoms with Gasteiger partial charge in [-0.3, -0.25) is 14.5 Å². The maximum atomic E-state index is 12.0. The largest absolute Gasteiger partial charge is 0.427 e. The van der Waals surface area contributed by atoms with Crippen molar-refractivity contribution in [2.75, 3.05) is 39.4 Å². The van der Waals surface area contributed by atoms with Gasteiger partial charge in [-0.25, -0.2) is 4.79 Å². The zero-order valence-electron chi connectivity index (χ0n) is 17.7. The van der Waals surface area contributed by atoms with Crippen LogP contribution in [0, 0.1) is 6.92 Å². The van der Waals surface area contributed by atoms with Crippen LogP contribution in [0.4, 0.5) is 0 Å². The molecule has 2 heterocycles. The van der Waals surface area contributed by atoms with E-state index >= 15 is 0 Å². The van der Waals surface area contributed by atoms with Crippen molar-refractivity contribution in [3.05, 3.63) is 52.4 Å². The number of aryl methyl sites for hydroxylation is 1. The second kappa shape index (κ2) is 10.7. The Labute approximate surface area is 179 Å². The summed E-state index contributed by atoms with van der Waals surface area (Å²) in [4.78, 5) is 35.1. The molecule has 4 rings (SSSR count). The average Bonchev–Trinajstić information content (AvgIpc) is 2.75. The number of fused-ring (bicyclic) bond motifs is 3. The van der Waals surface area contributed by atoms with E-state index < -0.39 is 11.6 Å². The Morgan fingerprint density at radius 1 is 1.13 bits per heavy atom. The third-order valence-corrected chi connectivity index (χ3v) is 4.86. The fraction of sp³-hybridized carbons (Fsp3) is 0.348. The molecule has 1 aromatic heterocycles. The van der Waals surface area contributed by atoms with E-state index in [2.05, 4.69) is 10.2 Å². The van der Waals surface area contributed by atoms with Gasteiger partial charge in [0.15, 0.2) is 0 Å². The second-order valence-corrected chi connectivity index (χ2v) is 7.22. The van der Waals surface area contributed by atoms with Crippen LogP contribution in [0.25, 0.3) is 21.7 Å². The molecule has 8 nitrogen and oxygen atoms in total. The summed E-state index contributed by atoms with van der Waals surface area (Å²) in [5.41, 5.74) is 1.02. The minimum Gasteiger partial charge on any atom is -0.427 e. The Morgan fingerprint density at radius 3 is 2.58 bits per heavy atom. The highest BCUT2D eigenvalue weighted by molar-refractivity contribution is 6.04. The minimum atomic E-state index is -0.414. The monoisotopic (exact) mass is 426 g/mol. The molecule has 1 saturated heterocycles. The van der Waals surface area contributed by atoms with Gasteiger partial charge in [0.05, 0.1) is 18.6 Å². The number of carbonyl (C=O) groups is 2. The summed E-state index contributed by atoms with van der Waals surface area (Å²) in [6.45, 7) is 8.53. The summed E-state index contributed by atoms with van der Waals surface area (Å²) >= 11 is 0. The molecule has 1 fully saturated rings. The van der Waals surface area contributed by atoms with E-state index in [9.17, 15) is 14.4 Å². The van der Waals surface area contributed by atoms with Crippen LogP contribution in [0.1, 0.15) is 12.5 Å². The van der Waals surface area contributed by atoms with Gasteiger partial charge in [0, 0.05) is 44.6 Å². The molecule has 31 heavy (non-hydrogen) atoms. The van der Waals surface area contributed by atoms with Gasteiger partial charge in [0.25, 0.3) is 0 Å². The van der Waals surface area contributed by atoms with Gasteiger partial charge in [0.2, 0.25) is 6.41 Å². The van der Waals surface area contributed by atoms with Crippen molar-refractivity contribution in [2.45, 2.75) is 13.8 Å². The molecule has 0 radical (unpaired) electrons. The molecular formula is C23H26N2O6. The van der Waals surface area contributed by atoms with Crippen LogP contribution in [-0.2, 0) is 14.3 Å². The van der Waals surface area contributed by atoms with Gasteiger partial charge in [-0.05, 0) is 30.5 Å². The molecule has 8 heteroatoms. The van der Waals surface area contributed by atoms with Crippen LogP contribution in [-0.4, -0.2) is 56.7 Å². The normalized spacial score (nSPS) is 14.0. The molecule has 0 aliphatic carbocycles. The van der Waals surface area contributed by atoms with Crippen molar-refractivity contribution in [1.29, 1.82) is 0 Å². The summed E-state index contributed by atoms with van der Waals surface area (Å²) in [5.74, 6) is -0.0530. The van der Waals surface area contributed by atoms with Crippen LogP contribution < -0.4 is 15.7 Å². The van der Waals surface area contributed by atoms with E-state index in [1.54, 1.807) is 24.3 Å². The summed E-state index contributed by atoms with van der Waals surface area (Å²) in [6, 6.07) is 10.7. The van der Waals surface area contributed by atoms with Gasteiger partial charge < -0.3 is 19.2 Å². The molecule has 164 valence electrons. The van der Waals surface area contributed by atoms with Crippen molar-refractivity contribution in [2.24, 2.45) is 0 Å². The summed E-state index contributed by atoms with van der Waals surface area (Å²) < 4.78 is 15.5. The van der Waals surface area contributed by atoms with Crippen molar-refractivity contribution < 1.29 is 23.5 Å². The van der Waals surface area contributed by atoms with Crippen LogP contribution in [0.5, 0.6) is 5.75 Å². The predicted molar refractivity (Wildman–Crippen MR) is 117 cm³/mol. The molecule has 0 atom stereocenters. The SMILES string of the molecule is CC(=O)Oc1ccc2c(c1)oc(=O)c1cc(C)ccc12.O=CNCCN1CCOCC1. The average molecular weight is 426 g/mol. The first-order valence-electron chi connectivity index (χ1n) is 10.1. The summed E-state index contributed by atoms with van der Waals surface area (Å²) in [7, 11) is 0. The Balaban J connectivity index is 0.000000210. The number of rotatable bonds is 5. The van der Waals surface area contributed by atoms with Gasteiger partial charge in [-0.15, -0.1) is 0 Å². The number of ether oxygens (including phenoxy) is 2. The lowest BCUT2D eigenvalue weighted by atomic mass is 10.1. The fourth-order valence-corrected chi connectivity index (χ4v) is 3.36. The van der Waals surface area contributed by atoms with Crippen molar-refractivity contribution in [3.63, 3.8) is 0 Å². The Hall–Kier alpha value is -3.23. The van der Waals surface area contributed by atoms with E-state index in [0.717, 1.165) is 62.1 Å². The first kappa shape index (κ1) is 22.5. The van der Waals surface area contributed by atoms with Gasteiger partial charge in [-0.1, -0.05) is 17.7 Å². The topological polar surface area (TPSA) is 98.1 Å². The molecule has 0 bridgehead atoms. The standard InChI is InChI=1S/C16H12O4.C7H14N2O2/c1-9-3-5-12-13-6-4-11(19-10(2)17)8-15(13)20-16(18)14(12)7-9;10-7-8-1-2-9-3-5-11-6-4-9/h3-8H,1-2H3;7H,1-6H2,(H,8,10). The van der Waals surface area contributed by atoms with Crippen LogP contribution in [0.2, 0.25) is 0 Å². The molecule has 1 amide bonds. The van der Waals surface area contributed by atoms with E-state index in [0.29, 0.717) is 16.7 Å².